The van der Waals surface area contributed by atoms with Crippen molar-refractivity contribution in [1.29, 1.82) is 0 Å². The van der Waals surface area contributed by atoms with E-state index in [1.54, 1.807) is 0 Å². The number of carbonyl (C=O) groups excluding carboxylic acids is 1. The van der Waals surface area contributed by atoms with Gasteiger partial charge in [0.25, 0.3) is 0 Å². The van der Waals surface area contributed by atoms with Gasteiger partial charge in [-0.3, -0.25) is 4.79 Å². The molecule has 0 saturated carbocycles. The molecule has 1 aliphatic heterocycles. The van der Waals surface area contributed by atoms with Crippen molar-refractivity contribution in [3.05, 3.63) is 83.7 Å². The minimum atomic E-state index is 0.0134. The van der Waals surface area contributed by atoms with E-state index in [0.29, 0.717) is 26.2 Å². The van der Waals surface area contributed by atoms with E-state index < -0.39 is 0 Å². The summed E-state index contributed by atoms with van der Waals surface area (Å²) in [5.74, 6) is 2.76. The van der Waals surface area contributed by atoms with Gasteiger partial charge in [-0.2, -0.15) is 0 Å². The second-order valence-corrected chi connectivity index (χ2v) is 9.39. The molecule has 2 heterocycles. The van der Waals surface area contributed by atoms with E-state index in [0.717, 1.165) is 52.6 Å². The second kappa shape index (κ2) is 10.4. The molecule has 0 unspecified atom stereocenters. The quantitative estimate of drug-likeness (QED) is 0.272. The summed E-state index contributed by atoms with van der Waals surface area (Å²) in [5, 5.41) is 0. The van der Waals surface area contributed by atoms with Crippen LogP contribution in [0, 0.1) is 13.8 Å². The van der Waals surface area contributed by atoms with Crippen molar-refractivity contribution in [2.24, 2.45) is 0 Å². The third-order valence-electron chi connectivity index (χ3n) is 6.76. The van der Waals surface area contributed by atoms with Crippen LogP contribution in [-0.2, 0) is 11.3 Å². The summed E-state index contributed by atoms with van der Waals surface area (Å²) in [6, 6.07) is 22.3. The first-order valence-electron chi connectivity index (χ1n) is 12.7. The molecule has 4 aromatic rings. The van der Waals surface area contributed by atoms with Gasteiger partial charge in [0.1, 0.15) is 17.3 Å². The average molecular weight is 484 g/mol. The van der Waals surface area contributed by atoms with Crippen molar-refractivity contribution in [3.63, 3.8) is 0 Å². The minimum Gasteiger partial charge on any atom is -0.493 e. The molecule has 1 saturated heterocycles. The van der Waals surface area contributed by atoms with Gasteiger partial charge in [-0.25, -0.2) is 4.98 Å². The monoisotopic (exact) mass is 483 g/mol. The minimum absolute atomic E-state index is 0.0134. The van der Waals surface area contributed by atoms with Crippen molar-refractivity contribution >= 4 is 22.6 Å². The number of imidazole rings is 1. The molecule has 1 amide bonds. The van der Waals surface area contributed by atoms with E-state index in [1.165, 1.54) is 5.56 Å². The molecule has 1 atom stereocenters. The van der Waals surface area contributed by atoms with E-state index >= 15 is 0 Å². The molecule has 1 aliphatic rings. The molecule has 6 heteroatoms. The number of carbonyl (C=O) groups is 1. The Morgan fingerprint density at radius 3 is 2.64 bits per heavy atom. The maximum atomic E-state index is 13.1. The molecule has 0 N–H and O–H groups in total. The highest BCUT2D eigenvalue weighted by molar-refractivity contribution is 5.97. The van der Waals surface area contributed by atoms with Gasteiger partial charge in [0.15, 0.2) is 0 Å². The number of fused-ring (bicyclic) bond motifs is 1. The van der Waals surface area contributed by atoms with Crippen LogP contribution in [0.1, 0.15) is 42.6 Å². The van der Waals surface area contributed by atoms with Gasteiger partial charge >= 0.3 is 0 Å². The zero-order chi connectivity index (χ0) is 25.1. The molecule has 5 rings (SSSR count). The topological polar surface area (TPSA) is 56.6 Å². The Bertz CT molecular complexity index is 1380. The summed E-state index contributed by atoms with van der Waals surface area (Å²) in [5.41, 5.74) is 5.23. The fourth-order valence-corrected chi connectivity index (χ4v) is 4.98. The summed E-state index contributed by atoms with van der Waals surface area (Å²) in [7, 11) is 0. The summed E-state index contributed by atoms with van der Waals surface area (Å²) < 4.78 is 14.2. The molecule has 1 fully saturated rings. The van der Waals surface area contributed by atoms with Crippen LogP contribution in [-0.4, -0.2) is 35.2 Å². The average Bonchev–Trinajstić information content (AvgIpc) is 3.45. The predicted octanol–water partition coefficient (Wildman–Crippen LogP) is 6.04. The number of anilines is 1. The molecule has 6 nitrogen and oxygen atoms in total. The van der Waals surface area contributed by atoms with Gasteiger partial charge < -0.3 is 18.9 Å². The third kappa shape index (κ3) is 4.81. The summed E-state index contributed by atoms with van der Waals surface area (Å²) in [6.07, 6.45) is 1.28. The van der Waals surface area contributed by atoms with Crippen LogP contribution in [0.2, 0.25) is 0 Å². The highest BCUT2D eigenvalue weighted by Crippen LogP contribution is 2.37. The van der Waals surface area contributed by atoms with E-state index in [-0.39, 0.29) is 11.8 Å². The Balaban J connectivity index is 1.36. The molecule has 36 heavy (non-hydrogen) atoms. The van der Waals surface area contributed by atoms with Crippen LogP contribution in [0.5, 0.6) is 11.5 Å². The number of rotatable bonds is 9. The van der Waals surface area contributed by atoms with Crippen LogP contribution < -0.4 is 14.4 Å². The van der Waals surface area contributed by atoms with Gasteiger partial charge in [-0.15, -0.1) is 0 Å². The van der Waals surface area contributed by atoms with Crippen molar-refractivity contribution in [1.82, 2.24) is 9.55 Å². The van der Waals surface area contributed by atoms with E-state index in [1.807, 2.05) is 54.3 Å². The highest BCUT2D eigenvalue weighted by atomic mass is 16.5. The van der Waals surface area contributed by atoms with Crippen LogP contribution in [0.3, 0.4) is 0 Å². The molecular weight excluding hydrogens is 450 g/mol. The standard InChI is InChI=1S/C30H33N3O3/c1-4-35-27-13-8-7-12-26(27)33-20-23(19-29(33)34)30-31-24-10-5-6-11-25(24)32(30)16-9-17-36-28-18-21(2)14-15-22(28)3/h5-8,10-15,18,23H,4,9,16-17,19-20H2,1-3H3/t23-/m0/s1. The van der Waals surface area contributed by atoms with Crippen LogP contribution >= 0.6 is 0 Å². The number of para-hydroxylation sites is 4. The Morgan fingerprint density at radius 1 is 0.972 bits per heavy atom. The lowest BCUT2D eigenvalue weighted by molar-refractivity contribution is -0.117. The van der Waals surface area contributed by atoms with Gasteiger partial charge in [0.05, 0.1) is 29.9 Å². The SMILES string of the molecule is CCOc1ccccc1N1C[C@@H](c2nc3ccccc3n2CCCOc2cc(C)ccc2C)CC1=O. The predicted molar refractivity (Wildman–Crippen MR) is 143 cm³/mol. The lowest BCUT2D eigenvalue weighted by Gasteiger charge is -2.20. The summed E-state index contributed by atoms with van der Waals surface area (Å²) in [4.78, 5) is 20.0. The number of benzene rings is 3. The maximum absolute atomic E-state index is 13.1. The van der Waals surface area contributed by atoms with Gasteiger partial charge in [-0.05, 0) is 68.7 Å². The smallest absolute Gasteiger partial charge is 0.227 e. The Labute approximate surface area is 212 Å². The van der Waals surface area contributed by atoms with Crippen molar-refractivity contribution < 1.29 is 14.3 Å². The van der Waals surface area contributed by atoms with Crippen molar-refractivity contribution in [3.8, 4) is 11.5 Å². The first-order valence-corrected chi connectivity index (χ1v) is 12.7. The van der Waals surface area contributed by atoms with E-state index in [4.69, 9.17) is 14.5 Å². The number of hydrogen-bond acceptors (Lipinski definition) is 4. The zero-order valence-electron chi connectivity index (χ0n) is 21.2. The van der Waals surface area contributed by atoms with Crippen LogP contribution in [0.4, 0.5) is 5.69 Å². The molecule has 0 bridgehead atoms. The molecule has 0 aliphatic carbocycles. The van der Waals surface area contributed by atoms with Crippen molar-refractivity contribution in [2.45, 2.75) is 46.1 Å². The summed E-state index contributed by atoms with van der Waals surface area (Å²) >= 11 is 0. The molecular formula is C30H33N3O3. The maximum Gasteiger partial charge on any atom is 0.227 e. The number of nitrogens with zero attached hydrogens (tertiary/aromatic N) is 3. The third-order valence-corrected chi connectivity index (χ3v) is 6.76. The normalized spacial score (nSPS) is 15.6. The highest BCUT2D eigenvalue weighted by Gasteiger charge is 2.35. The first kappa shape index (κ1) is 23.9. The van der Waals surface area contributed by atoms with E-state index in [2.05, 4.69) is 42.7 Å². The number of hydrogen-bond donors (Lipinski definition) is 0. The summed E-state index contributed by atoms with van der Waals surface area (Å²) in [6.45, 7) is 8.65. The molecule has 0 radical (unpaired) electrons. The largest absolute Gasteiger partial charge is 0.493 e. The number of amides is 1. The van der Waals surface area contributed by atoms with Crippen LogP contribution in [0.15, 0.2) is 66.7 Å². The molecule has 186 valence electrons. The fourth-order valence-electron chi connectivity index (χ4n) is 4.98. The fraction of sp³-hybridized carbons (Fsp3) is 0.333. The number of aromatic nitrogens is 2. The number of aryl methyl sites for hydroxylation is 3. The van der Waals surface area contributed by atoms with E-state index in [9.17, 15) is 4.79 Å². The lowest BCUT2D eigenvalue weighted by Crippen LogP contribution is -2.25. The van der Waals surface area contributed by atoms with Gasteiger partial charge in [0.2, 0.25) is 5.91 Å². The Hall–Kier alpha value is -3.80. The van der Waals surface area contributed by atoms with Gasteiger partial charge in [-0.1, -0.05) is 36.4 Å². The molecule has 1 aromatic heterocycles. The lowest BCUT2D eigenvalue weighted by atomic mass is 10.1. The number of ether oxygens (including phenoxy) is 2. The Kier molecular flexibility index (Phi) is 6.94. The van der Waals surface area contributed by atoms with Crippen molar-refractivity contribution in [2.75, 3.05) is 24.7 Å². The molecule has 3 aromatic carbocycles. The van der Waals surface area contributed by atoms with Crippen LogP contribution in [0.25, 0.3) is 11.0 Å². The molecule has 0 spiro atoms. The first-order chi connectivity index (χ1) is 17.5. The zero-order valence-corrected chi connectivity index (χ0v) is 21.2. The second-order valence-electron chi connectivity index (χ2n) is 9.39. The Morgan fingerprint density at radius 2 is 1.78 bits per heavy atom. The van der Waals surface area contributed by atoms with Gasteiger partial charge in [0, 0.05) is 25.4 Å².